The van der Waals surface area contributed by atoms with E-state index in [4.69, 9.17) is 23.2 Å². The summed E-state index contributed by atoms with van der Waals surface area (Å²) in [6.45, 7) is 0.533. The number of amides is 3. The van der Waals surface area contributed by atoms with E-state index in [1.165, 1.54) is 0 Å². The van der Waals surface area contributed by atoms with Crippen molar-refractivity contribution in [1.82, 2.24) is 5.32 Å². The van der Waals surface area contributed by atoms with E-state index in [0.717, 1.165) is 10.4 Å². The van der Waals surface area contributed by atoms with E-state index in [-0.39, 0.29) is 12.3 Å². The molecule has 0 aliphatic rings. The second kappa shape index (κ2) is 9.59. The van der Waals surface area contributed by atoms with Gasteiger partial charge in [0.1, 0.15) is 0 Å². The molecule has 28 heavy (non-hydrogen) atoms. The summed E-state index contributed by atoms with van der Waals surface area (Å²) in [5, 5.41) is 11.0. The van der Waals surface area contributed by atoms with Crippen LogP contribution in [0.2, 0.25) is 10.0 Å². The molecular formula is C20H17Cl2N3O2S. The minimum atomic E-state index is -0.403. The summed E-state index contributed by atoms with van der Waals surface area (Å²) in [6, 6.07) is 15.5. The molecular weight excluding hydrogens is 417 g/mol. The van der Waals surface area contributed by atoms with Crippen LogP contribution < -0.4 is 16.0 Å². The van der Waals surface area contributed by atoms with Gasteiger partial charge in [-0.25, -0.2) is 4.79 Å². The van der Waals surface area contributed by atoms with Crippen molar-refractivity contribution in [3.8, 4) is 0 Å². The van der Waals surface area contributed by atoms with Crippen LogP contribution in [0, 0.1) is 0 Å². The number of rotatable bonds is 6. The monoisotopic (exact) mass is 433 g/mol. The largest absolute Gasteiger partial charge is 0.351 e. The molecule has 1 heterocycles. The van der Waals surface area contributed by atoms with Gasteiger partial charge in [-0.3, -0.25) is 4.79 Å². The van der Waals surface area contributed by atoms with Gasteiger partial charge in [0.15, 0.2) is 0 Å². The van der Waals surface area contributed by atoms with Gasteiger partial charge in [-0.1, -0.05) is 41.4 Å². The fourth-order valence-electron chi connectivity index (χ4n) is 2.42. The first-order chi connectivity index (χ1) is 13.5. The minimum absolute atomic E-state index is 0.0496. The summed E-state index contributed by atoms with van der Waals surface area (Å²) < 4.78 is 0. The molecule has 3 N–H and O–H groups in total. The lowest BCUT2D eigenvalue weighted by Crippen LogP contribution is -2.24. The van der Waals surface area contributed by atoms with Crippen molar-refractivity contribution in [1.29, 1.82) is 0 Å². The summed E-state index contributed by atoms with van der Waals surface area (Å²) >= 11 is 13.4. The average Bonchev–Trinajstić information content (AvgIpc) is 3.18. The van der Waals surface area contributed by atoms with Crippen molar-refractivity contribution >= 4 is 57.9 Å². The van der Waals surface area contributed by atoms with Crippen molar-refractivity contribution in [2.24, 2.45) is 0 Å². The molecule has 0 bridgehead atoms. The second-order valence-corrected chi connectivity index (χ2v) is 7.78. The van der Waals surface area contributed by atoms with Crippen molar-refractivity contribution in [3.63, 3.8) is 0 Å². The molecule has 0 saturated carbocycles. The van der Waals surface area contributed by atoms with Gasteiger partial charge in [0.25, 0.3) is 0 Å². The Morgan fingerprint density at radius 1 is 0.893 bits per heavy atom. The van der Waals surface area contributed by atoms with E-state index < -0.39 is 6.03 Å². The smallest absolute Gasteiger partial charge is 0.323 e. The van der Waals surface area contributed by atoms with Crippen LogP contribution in [-0.4, -0.2) is 11.9 Å². The predicted octanol–water partition coefficient (Wildman–Crippen LogP) is 5.56. The molecule has 0 unspecified atom stereocenters. The lowest BCUT2D eigenvalue weighted by Gasteiger charge is -2.09. The van der Waals surface area contributed by atoms with E-state index in [2.05, 4.69) is 16.0 Å². The van der Waals surface area contributed by atoms with Gasteiger partial charge in [-0.15, -0.1) is 11.3 Å². The highest BCUT2D eigenvalue weighted by Gasteiger charge is 2.07. The van der Waals surface area contributed by atoms with Crippen LogP contribution in [0.3, 0.4) is 0 Å². The summed E-state index contributed by atoms with van der Waals surface area (Å²) in [6.07, 6.45) is 0.279. The Labute approximate surface area is 176 Å². The maximum Gasteiger partial charge on any atom is 0.323 e. The molecule has 0 aliphatic carbocycles. The Morgan fingerprint density at radius 3 is 2.29 bits per heavy atom. The fraction of sp³-hybridized carbons (Fsp3) is 0.100. The Bertz CT molecular complexity index is 960. The Morgan fingerprint density at radius 2 is 1.61 bits per heavy atom. The zero-order valence-electron chi connectivity index (χ0n) is 14.7. The first kappa shape index (κ1) is 20.2. The normalized spacial score (nSPS) is 10.4. The Hall–Kier alpha value is -2.54. The van der Waals surface area contributed by atoms with Gasteiger partial charge in [-0.05, 0) is 47.3 Å². The summed E-state index contributed by atoms with van der Waals surface area (Å²) in [7, 11) is 0. The van der Waals surface area contributed by atoms with Gasteiger partial charge >= 0.3 is 6.03 Å². The zero-order chi connectivity index (χ0) is 19.9. The molecule has 8 heteroatoms. The molecule has 3 aromatic rings. The van der Waals surface area contributed by atoms with Crippen molar-refractivity contribution in [2.75, 3.05) is 10.6 Å². The van der Waals surface area contributed by atoms with Crippen molar-refractivity contribution < 1.29 is 9.59 Å². The van der Waals surface area contributed by atoms with Crippen LogP contribution in [-0.2, 0) is 17.8 Å². The standard InChI is InChI=1S/C20H17Cl2N3O2S/c21-17-8-7-15(11-18(17)22)25-20(27)24-14-5-3-13(4-6-14)10-19(26)23-12-16-2-1-9-28-16/h1-9,11H,10,12H2,(H,23,26)(H2,24,25,27). The lowest BCUT2D eigenvalue weighted by atomic mass is 10.1. The number of hydrogen-bond donors (Lipinski definition) is 3. The molecule has 0 atom stereocenters. The van der Waals surface area contributed by atoms with Crippen molar-refractivity contribution in [2.45, 2.75) is 13.0 Å². The molecule has 0 radical (unpaired) electrons. The number of carbonyl (C=O) groups is 2. The molecule has 2 aromatic carbocycles. The van der Waals surface area contributed by atoms with Crippen molar-refractivity contribution in [3.05, 3.63) is 80.5 Å². The number of nitrogens with one attached hydrogen (secondary N) is 3. The van der Waals surface area contributed by atoms with Gasteiger partial charge < -0.3 is 16.0 Å². The number of halogens is 2. The van der Waals surface area contributed by atoms with E-state index >= 15 is 0 Å². The SMILES string of the molecule is O=C(Cc1ccc(NC(=O)Nc2ccc(Cl)c(Cl)c2)cc1)NCc1cccs1. The third kappa shape index (κ3) is 5.99. The average molecular weight is 434 g/mol. The summed E-state index contributed by atoms with van der Waals surface area (Å²) in [4.78, 5) is 25.2. The maximum absolute atomic E-state index is 12.1. The molecule has 0 spiro atoms. The Kier molecular flexibility index (Phi) is 6.92. The highest BCUT2D eigenvalue weighted by Crippen LogP contribution is 2.25. The van der Waals surface area contributed by atoms with E-state index in [9.17, 15) is 9.59 Å². The van der Waals surface area contributed by atoms with Crippen LogP contribution in [0.15, 0.2) is 60.0 Å². The molecule has 5 nitrogen and oxygen atoms in total. The van der Waals surface area contributed by atoms with Gasteiger partial charge in [0.2, 0.25) is 5.91 Å². The molecule has 3 amide bonds. The van der Waals surface area contributed by atoms with E-state index in [1.54, 1.807) is 53.8 Å². The number of benzene rings is 2. The van der Waals surface area contributed by atoms with Crippen LogP contribution in [0.1, 0.15) is 10.4 Å². The predicted molar refractivity (Wildman–Crippen MR) is 115 cm³/mol. The van der Waals surface area contributed by atoms with Crippen LogP contribution in [0.5, 0.6) is 0 Å². The van der Waals surface area contributed by atoms with Gasteiger partial charge in [0, 0.05) is 16.3 Å². The molecule has 144 valence electrons. The number of carbonyl (C=O) groups excluding carboxylic acids is 2. The second-order valence-electron chi connectivity index (χ2n) is 5.94. The van der Waals surface area contributed by atoms with E-state index in [0.29, 0.717) is 28.0 Å². The lowest BCUT2D eigenvalue weighted by molar-refractivity contribution is -0.120. The van der Waals surface area contributed by atoms with Crippen LogP contribution in [0.4, 0.5) is 16.2 Å². The first-order valence-corrected chi connectivity index (χ1v) is 10.0. The summed E-state index contributed by atoms with van der Waals surface area (Å²) in [5.74, 6) is -0.0496. The number of hydrogen-bond acceptors (Lipinski definition) is 3. The quantitative estimate of drug-likeness (QED) is 0.476. The van der Waals surface area contributed by atoms with Gasteiger partial charge in [-0.2, -0.15) is 0 Å². The highest BCUT2D eigenvalue weighted by molar-refractivity contribution is 7.09. The van der Waals surface area contributed by atoms with Gasteiger partial charge in [0.05, 0.1) is 23.0 Å². The van der Waals surface area contributed by atoms with Crippen LogP contribution in [0.25, 0.3) is 0 Å². The highest BCUT2D eigenvalue weighted by atomic mass is 35.5. The fourth-order valence-corrected chi connectivity index (χ4v) is 3.36. The summed E-state index contributed by atoms with van der Waals surface area (Å²) in [5.41, 5.74) is 2.00. The number of thiophene rings is 1. The van der Waals surface area contributed by atoms with Crippen LogP contribution >= 0.6 is 34.5 Å². The Balaban J connectivity index is 1.48. The zero-order valence-corrected chi connectivity index (χ0v) is 17.0. The topological polar surface area (TPSA) is 70.2 Å². The number of urea groups is 1. The third-order valence-corrected chi connectivity index (χ3v) is 5.41. The maximum atomic E-state index is 12.1. The molecule has 0 aliphatic heterocycles. The molecule has 0 saturated heterocycles. The van der Waals surface area contributed by atoms with E-state index in [1.807, 2.05) is 17.5 Å². The third-order valence-electron chi connectivity index (χ3n) is 3.79. The number of anilines is 2. The molecule has 1 aromatic heterocycles. The first-order valence-electron chi connectivity index (χ1n) is 8.40. The molecule has 3 rings (SSSR count). The minimum Gasteiger partial charge on any atom is -0.351 e. The molecule has 0 fully saturated rings.